The molecule has 0 spiro atoms. The van der Waals surface area contributed by atoms with Crippen LogP contribution >= 0.6 is 0 Å². The third kappa shape index (κ3) is 1.70. The van der Waals surface area contributed by atoms with Gasteiger partial charge in [-0.2, -0.15) is 0 Å². The molecule has 86 valence electrons. The first kappa shape index (κ1) is 10.3. The molecule has 0 radical (unpaired) electrons. The van der Waals surface area contributed by atoms with E-state index in [0.29, 0.717) is 5.92 Å². The first-order valence-electron chi connectivity index (χ1n) is 6.07. The third-order valence-electron chi connectivity index (χ3n) is 3.28. The van der Waals surface area contributed by atoms with E-state index in [1.807, 2.05) is 12.3 Å². The molecule has 0 saturated carbocycles. The number of hydrogen-bond donors (Lipinski definition) is 1. The van der Waals surface area contributed by atoms with Crippen LogP contribution in [0.2, 0.25) is 0 Å². The van der Waals surface area contributed by atoms with E-state index in [0.717, 1.165) is 11.4 Å². The van der Waals surface area contributed by atoms with E-state index in [9.17, 15) is 0 Å². The Labute approximate surface area is 102 Å². The summed E-state index contributed by atoms with van der Waals surface area (Å²) in [5, 5.41) is 3.38. The van der Waals surface area contributed by atoms with E-state index in [-0.39, 0.29) is 6.04 Å². The second-order valence-corrected chi connectivity index (χ2v) is 4.82. The maximum atomic E-state index is 4.81. The lowest BCUT2D eigenvalue weighted by molar-refractivity contribution is 0.675. The second kappa shape index (κ2) is 3.88. The van der Waals surface area contributed by atoms with Crippen molar-refractivity contribution < 1.29 is 0 Å². The van der Waals surface area contributed by atoms with E-state index in [2.05, 4.69) is 49.5 Å². The van der Waals surface area contributed by atoms with Crippen molar-refractivity contribution in [1.82, 2.24) is 10.3 Å². The van der Waals surface area contributed by atoms with Crippen LogP contribution in [-0.4, -0.2) is 4.98 Å². The average molecular weight is 224 g/mol. The first-order chi connectivity index (χ1) is 8.25. The van der Waals surface area contributed by atoms with Crippen molar-refractivity contribution in [2.24, 2.45) is 0 Å². The van der Waals surface area contributed by atoms with Crippen LogP contribution in [0.3, 0.4) is 0 Å². The van der Waals surface area contributed by atoms with Crippen molar-refractivity contribution in [3.63, 3.8) is 0 Å². The van der Waals surface area contributed by atoms with Gasteiger partial charge in [0.15, 0.2) is 0 Å². The van der Waals surface area contributed by atoms with Crippen LogP contribution < -0.4 is 5.32 Å². The van der Waals surface area contributed by atoms with Gasteiger partial charge in [0.2, 0.25) is 0 Å². The summed E-state index contributed by atoms with van der Waals surface area (Å²) in [7, 11) is 0. The number of dihydropyridines is 1. The largest absolute Gasteiger partial charge is 0.379 e. The molecular formula is C15H16N2. The summed E-state index contributed by atoms with van der Waals surface area (Å²) in [6, 6.07) is 4.52. The van der Waals surface area contributed by atoms with Crippen molar-refractivity contribution in [3.05, 3.63) is 59.1 Å². The molecule has 17 heavy (non-hydrogen) atoms. The molecule has 0 bridgehead atoms. The van der Waals surface area contributed by atoms with Crippen LogP contribution in [0.1, 0.15) is 42.8 Å². The number of rotatable bonds is 1. The minimum absolute atomic E-state index is 0.221. The van der Waals surface area contributed by atoms with Gasteiger partial charge in [0.05, 0.1) is 11.7 Å². The highest BCUT2D eigenvalue weighted by Gasteiger charge is 2.23. The van der Waals surface area contributed by atoms with Crippen molar-refractivity contribution >= 4 is 6.08 Å². The minimum atomic E-state index is 0.221. The van der Waals surface area contributed by atoms with Gasteiger partial charge in [-0.3, -0.25) is 4.98 Å². The van der Waals surface area contributed by atoms with Crippen molar-refractivity contribution in [3.8, 4) is 0 Å². The Balaban J connectivity index is 2.11. The van der Waals surface area contributed by atoms with Gasteiger partial charge >= 0.3 is 0 Å². The average Bonchev–Trinajstić information content (AvgIpc) is 2.38. The zero-order valence-electron chi connectivity index (χ0n) is 10.1. The summed E-state index contributed by atoms with van der Waals surface area (Å²) in [6.07, 6.45) is 10.5. The summed E-state index contributed by atoms with van der Waals surface area (Å²) in [4.78, 5) is 4.81. The maximum absolute atomic E-state index is 4.81. The fourth-order valence-electron chi connectivity index (χ4n) is 2.27. The lowest BCUT2D eigenvalue weighted by Gasteiger charge is -2.26. The van der Waals surface area contributed by atoms with E-state index in [1.165, 1.54) is 11.1 Å². The number of aromatic nitrogens is 1. The van der Waals surface area contributed by atoms with Gasteiger partial charge in [0, 0.05) is 5.69 Å². The molecule has 2 heteroatoms. The number of hydrogen-bond acceptors (Lipinski definition) is 2. The van der Waals surface area contributed by atoms with Crippen LogP contribution in [0, 0.1) is 0 Å². The molecule has 1 aliphatic heterocycles. The number of fused-ring (bicyclic) bond motifs is 3. The van der Waals surface area contributed by atoms with Gasteiger partial charge in [-0.25, -0.2) is 0 Å². The third-order valence-corrected chi connectivity index (χ3v) is 3.28. The number of allylic oxidation sites excluding steroid dienone is 2. The summed E-state index contributed by atoms with van der Waals surface area (Å²) in [5.74, 6) is 0.470. The molecule has 1 unspecified atom stereocenters. The van der Waals surface area contributed by atoms with Crippen LogP contribution in [0.25, 0.3) is 6.08 Å². The Morgan fingerprint density at radius 3 is 2.94 bits per heavy atom. The van der Waals surface area contributed by atoms with Gasteiger partial charge in [0.25, 0.3) is 0 Å². The highest BCUT2D eigenvalue weighted by atomic mass is 14.9. The second-order valence-electron chi connectivity index (χ2n) is 4.82. The molecule has 0 fully saturated rings. The Morgan fingerprint density at radius 2 is 2.12 bits per heavy atom. The molecule has 2 aliphatic rings. The van der Waals surface area contributed by atoms with Crippen LogP contribution in [0.5, 0.6) is 0 Å². The van der Waals surface area contributed by atoms with E-state index in [4.69, 9.17) is 4.98 Å². The quantitative estimate of drug-likeness (QED) is 0.791. The number of nitrogens with zero attached hydrogens (tertiary/aromatic N) is 1. The number of pyridine rings is 1. The zero-order chi connectivity index (χ0) is 11.8. The van der Waals surface area contributed by atoms with Gasteiger partial charge in [-0.15, -0.1) is 0 Å². The van der Waals surface area contributed by atoms with Gasteiger partial charge in [-0.1, -0.05) is 38.1 Å². The van der Waals surface area contributed by atoms with Crippen LogP contribution in [-0.2, 0) is 0 Å². The smallest absolute Gasteiger partial charge is 0.0942 e. The lowest BCUT2D eigenvalue weighted by atomic mass is 9.91. The van der Waals surface area contributed by atoms with Gasteiger partial charge < -0.3 is 5.32 Å². The van der Waals surface area contributed by atoms with E-state index < -0.39 is 0 Å². The Morgan fingerprint density at radius 1 is 1.24 bits per heavy atom. The van der Waals surface area contributed by atoms with Crippen molar-refractivity contribution in [1.29, 1.82) is 0 Å². The SMILES string of the molecule is CC(C)c1ccc2c(n1)C1NC=CC=C1C=C2. The zero-order valence-corrected chi connectivity index (χ0v) is 10.1. The molecule has 2 nitrogen and oxygen atoms in total. The highest BCUT2D eigenvalue weighted by molar-refractivity contribution is 5.63. The lowest BCUT2D eigenvalue weighted by Crippen LogP contribution is -2.23. The van der Waals surface area contributed by atoms with E-state index in [1.54, 1.807) is 0 Å². The summed E-state index contributed by atoms with van der Waals surface area (Å²) >= 11 is 0. The molecule has 0 saturated heterocycles. The van der Waals surface area contributed by atoms with Gasteiger partial charge in [0.1, 0.15) is 0 Å². The fourth-order valence-corrected chi connectivity index (χ4v) is 2.27. The molecular weight excluding hydrogens is 208 g/mol. The molecule has 1 N–H and O–H groups in total. The normalized spacial score (nSPS) is 20.6. The van der Waals surface area contributed by atoms with Crippen molar-refractivity contribution in [2.75, 3.05) is 0 Å². The predicted molar refractivity (Wildman–Crippen MR) is 70.5 cm³/mol. The molecule has 3 rings (SSSR count). The molecule has 1 aliphatic carbocycles. The molecule has 1 aromatic heterocycles. The van der Waals surface area contributed by atoms with Crippen LogP contribution in [0.15, 0.2) is 42.1 Å². The summed E-state index contributed by atoms with van der Waals surface area (Å²) in [5.41, 5.74) is 4.82. The van der Waals surface area contributed by atoms with Crippen LogP contribution in [0.4, 0.5) is 0 Å². The molecule has 2 heterocycles. The standard InChI is InChI=1S/C15H16N2/c1-10(2)13-8-7-12-6-5-11-4-3-9-16-14(11)15(12)17-13/h3-10,14,16H,1-2H3. The minimum Gasteiger partial charge on any atom is -0.379 e. The topological polar surface area (TPSA) is 24.9 Å². The monoisotopic (exact) mass is 224 g/mol. The maximum Gasteiger partial charge on any atom is 0.0942 e. The molecule has 0 aromatic carbocycles. The highest BCUT2D eigenvalue weighted by Crippen LogP contribution is 2.32. The van der Waals surface area contributed by atoms with Gasteiger partial charge in [-0.05, 0) is 35.4 Å². The summed E-state index contributed by atoms with van der Waals surface area (Å²) in [6.45, 7) is 4.36. The van der Waals surface area contributed by atoms with Crippen molar-refractivity contribution in [2.45, 2.75) is 25.8 Å². The molecule has 1 atom stereocenters. The number of nitrogens with one attached hydrogen (secondary N) is 1. The fraction of sp³-hybridized carbons (Fsp3) is 0.267. The Bertz CT molecular complexity index is 536. The van der Waals surface area contributed by atoms with E-state index >= 15 is 0 Å². The Kier molecular flexibility index (Phi) is 2.36. The predicted octanol–water partition coefficient (Wildman–Crippen LogP) is 3.32. The Hall–Kier alpha value is -1.83. The summed E-state index contributed by atoms with van der Waals surface area (Å²) < 4.78 is 0. The molecule has 1 aromatic rings. The molecule has 0 amide bonds. The first-order valence-corrected chi connectivity index (χ1v) is 6.07.